The molecule has 0 atom stereocenters. The molecule has 104 valence electrons. The molecule has 2 aromatic rings. The molecule has 1 aromatic heterocycles. The Bertz CT molecular complexity index is 662. The van der Waals surface area contributed by atoms with Crippen LogP contribution in [-0.4, -0.2) is 26.1 Å². The molecule has 1 heterocycles. The van der Waals surface area contributed by atoms with Crippen molar-refractivity contribution in [2.45, 2.75) is 25.3 Å². The van der Waals surface area contributed by atoms with E-state index in [2.05, 4.69) is 10.3 Å². The molecule has 20 heavy (non-hydrogen) atoms. The molecule has 0 spiro atoms. The Labute approximate surface area is 119 Å². The summed E-state index contributed by atoms with van der Waals surface area (Å²) in [5.74, 6) is -1.41. The van der Waals surface area contributed by atoms with Gasteiger partial charge >= 0.3 is 5.97 Å². The summed E-state index contributed by atoms with van der Waals surface area (Å²) in [7, 11) is 0. The van der Waals surface area contributed by atoms with Crippen LogP contribution in [-0.2, 0) is 6.54 Å². The van der Waals surface area contributed by atoms with Crippen molar-refractivity contribution in [3.63, 3.8) is 0 Å². The first kappa shape index (κ1) is 13.1. The highest BCUT2D eigenvalue weighted by molar-refractivity contribution is 6.31. The predicted molar refractivity (Wildman–Crippen MR) is 69.5 cm³/mol. The highest BCUT2D eigenvalue weighted by atomic mass is 35.5. The van der Waals surface area contributed by atoms with E-state index in [0.717, 1.165) is 12.8 Å². The molecule has 0 amide bonds. The second-order valence-corrected chi connectivity index (χ2v) is 5.17. The zero-order valence-corrected chi connectivity index (χ0v) is 11.1. The molecule has 1 fully saturated rings. The average molecular weight is 296 g/mol. The van der Waals surface area contributed by atoms with Crippen molar-refractivity contribution in [1.82, 2.24) is 15.0 Å². The molecule has 0 unspecified atom stereocenters. The van der Waals surface area contributed by atoms with Crippen molar-refractivity contribution in [3.8, 4) is 0 Å². The smallest absolute Gasteiger partial charge is 0.358 e. The zero-order valence-electron chi connectivity index (χ0n) is 10.4. The number of nitrogens with zero attached hydrogens (tertiary/aromatic N) is 3. The largest absolute Gasteiger partial charge is 0.476 e. The third-order valence-corrected chi connectivity index (χ3v) is 3.66. The van der Waals surface area contributed by atoms with Gasteiger partial charge in [0.15, 0.2) is 5.69 Å². The number of halogens is 2. The monoisotopic (exact) mass is 295 g/mol. The minimum atomic E-state index is -1.11. The summed E-state index contributed by atoms with van der Waals surface area (Å²) < 4.78 is 15.2. The first-order chi connectivity index (χ1) is 9.58. The van der Waals surface area contributed by atoms with Crippen molar-refractivity contribution in [2.24, 2.45) is 0 Å². The summed E-state index contributed by atoms with van der Waals surface area (Å²) >= 11 is 5.98. The molecule has 7 heteroatoms. The fraction of sp³-hybridized carbons (Fsp3) is 0.308. The highest BCUT2D eigenvalue weighted by Crippen LogP contribution is 2.41. The lowest BCUT2D eigenvalue weighted by Crippen LogP contribution is -2.10. The number of carboxylic acids is 1. The number of carbonyl (C=O) groups is 1. The van der Waals surface area contributed by atoms with Gasteiger partial charge in [0, 0.05) is 16.5 Å². The standard InChI is InChI=1S/C13H11ClFN3O2/c14-9-2-1-3-10(15)8(9)6-18-12(7-4-5-7)11(13(19)20)16-17-18/h1-3,7H,4-6H2,(H,19,20). The lowest BCUT2D eigenvalue weighted by Gasteiger charge is -2.08. The van der Waals surface area contributed by atoms with E-state index in [9.17, 15) is 9.18 Å². The van der Waals surface area contributed by atoms with E-state index >= 15 is 0 Å². The van der Waals surface area contributed by atoms with E-state index in [0.29, 0.717) is 10.7 Å². The Morgan fingerprint density at radius 2 is 2.25 bits per heavy atom. The number of rotatable bonds is 4. The van der Waals surface area contributed by atoms with Crippen LogP contribution in [0.5, 0.6) is 0 Å². The Hall–Kier alpha value is -1.95. The van der Waals surface area contributed by atoms with Crippen LogP contribution >= 0.6 is 11.6 Å². The number of aromatic nitrogens is 3. The number of aromatic carboxylic acids is 1. The third-order valence-electron chi connectivity index (χ3n) is 3.31. The Balaban J connectivity index is 2.01. The van der Waals surface area contributed by atoms with E-state index in [-0.39, 0.29) is 23.7 Å². The van der Waals surface area contributed by atoms with Crippen LogP contribution in [0.15, 0.2) is 18.2 Å². The number of benzene rings is 1. The second kappa shape index (κ2) is 4.86. The summed E-state index contributed by atoms with van der Waals surface area (Å²) in [6.07, 6.45) is 1.80. The number of carboxylic acid groups (broad SMARTS) is 1. The third kappa shape index (κ3) is 2.27. The van der Waals surface area contributed by atoms with Gasteiger partial charge in [-0.05, 0) is 25.0 Å². The van der Waals surface area contributed by atoms with Gasteiger partial charge in [0.25, 0.3) is 0 Å². The summed E-state index contributed by atoms with van der Waals surface area (Å²) in [6, 6.07) is 4.42. The molecule has 1 aliphatic rings. The molecule has 0 radical (unpaired) electrons. The molecule has 1 aromatic carbocycles. The van der Waals surface area contributed by atoms with Gasteiger partial charge in [0.1, 0.15) is 5.82 Å². The molecule has 1 saturated carbocycles. The van der Waals surface area contributed by atoms with Crippen LogP contribution in [0, 0.1) is 5.82 Å². The summed E-state index contributed by atoms with van der Waals surface area (Å²) in [5, 5.41) is 16.9. The SMILES string of the molecule is O=C(O)c1nnn(Cc2c(F)cccc2Cl)c1C1CC1. The molecule has 1 aliphatic carbocycles. The first-order valence-electron chi connectivity index (χ1n) is 6.17. The van der Waals surface area contributed by atoms with Gasteiger partial charge in [-0.3, -0.25) is 0 Å². The van der Waals surface area contributed by atoms with E-state index in [4.69, 9.17) is 16.7 Å². The molecule has 5 nitrogen and oxygen atoms in total. The van der Waals surface area contributed by atoms with Crippen LogP contribution in [0.4, 0.5) is 4.39 Å². The van der Waals surface area contributed by atoms with Crippen molar-refractivity contribution in [3.05, 3.63) is 46.0 Å². The minimum Gasteiger partial charge on any atom is -0.476 e. The van der Waals surface area contributed by atoms with Gasteiger partial charge in [-0.25, -0.2) is 13.9 Å². The van der Waals surface area contributed by atoms with Gasteiger partial charge < -0.3 is 5.11 Å². The van der Waals surface area contributed by atoms with Gasteiger partial charge in [-0.2, -0.15) is 0 Å². The van der Waals surface area contributed by atoms with Crippen molar-refractivity contribution >= 4 is 17.6 Å². The fourth-order valence-corrected chi connectivity index (χ4v) is 2.41. The lowest BCUT2D eigenvalue weighted by molar-refractivity contribution is 0.0689. The van der Waals surface area contributed by atoms with Crippen LogP contribution in [0.2, 0.25) is 5.02 Å². The Kier molecular flexibility index (Phi) is 3.17. The van der Waals surface area contributed by atoms with Gasteiger partial charge in [-0.1, -0.05) is 22.9 Å². The van der Waals surface area contributed by atoms with Crippen molar-refractivity contribution in [1.29, 1.82) is 0 Å². The molecule has 1 N–H and O–H groups in total. The summed E-state index contributed by atoms with van der Waals surface area (Å²) in [6.45, 7) is 0.0810. The van der Waals surface area contributed by atoms with Crippen LogP contribution in [0.3, 0.4) is 0 Å². The van der Waals surface area contributed by atoms with Gasteiger partial charge in [-0.15, -0.1) is 5.10 Å². The van der Waals surface area contributed by atoms with E-state index in [1.807, 2.05) is 0 Å². The molecule has 3 rings (SSSR count). The highest BCUT2D eigenvalue weighted by Gasteiger charge is 2.34. The second-order valence-electron chi connectivity index (χ2n) is 4.76. The molecule has 0 aliphatic heterocycles. The summed E-state index contributed by atoms with van der Waals surface area (Å²) in [4.78, 5) is 11.1. The number of hydrogen-bond donors (Lipinski definition) is 1. The van der Waals surface area contributed by atoms with Crippen LogP contribution in [0.25, 0.3) is 0 Å². The van der Waals surface area contributed by atoms with Crippen molar-refractivity contribution < 1.29 is 14.3 Å². The quantitative estimate of drug-likeness (QED) is 0.941. The maximum atomic E-state index is 13.8. The molecular formula is C13H11ClFN3O2. The van der Waals surface area contributed by atoms with Gasteiger partial charge in [0.2, 0.25) is 0 Å². The Morgan fingerprint density at radius 1 is 1.50 bits per heavy atom. The summed E-state index contributed by atoms with van der Waals surface area (Å²) in [5.41, 5.74) is 0.787. The van der Waals surface area contributed by atoms with Crippen LogP contribution in [0.1, 0.15) is 40.5 Å². The van der Waals surface area contributed by atoms with Crippen LogP contribution < -0.4 is 0 Å². The molecular weight excluding hydrogens is 285 g/mol. The fourth-order valence-electron chi connectivity index (χ4n) is 2.18. The normalized spacial score (nSPS) is 14.5. The minimum absolute atomic E-state index is 0.0556. The molecule has 0 saturated heterocycles. The Morgan fingerprint density at radius 3 is 2.85 bits per heavy atom. The maximum Gasteiger partial charge on any atom is 0.358 e. The average Bonchev–Trinajstić information content (AvgIpc) is 3.14. The zero-order chi connectivity index (χ0) is 14.3. The van der Waals surface area contributed by atoms with E-state index in [1.165, 1.54) is 16.8 Å². The van der Waals surface area contributed by atoms with Crippen molar-refractivity contribution in [2.75, 3.05) is 0 Å². The van der Waals surface area contributed by atoms with E-state index in [1.54, 1.807) is 6.07 Å². The lowest BCUT2D eigenvalue weighted by atomic mass is 10.2. The topological polar surface area (TPSA) is 68.0 Å². The number of hydrogen-bond acceptors (Lipinski definition) is 3. The maximum absolute atomic E-state index is 13.8. The predicted octanol–water partition coefficient (Wildman–Crippen LogP) is 2.69. The van der Waals surface area contributed by atoms with Gasteiger partial charge in [0.05, 0.1) is 12.2 Å². The van der Waals surface area contributed by atoms with E-state index < -0.39 is 11.8 Å². The first-order valence-corrected chi connectivity index (χ1v) is 6.55. The molecule has 0 bridgehead atoms.